The Morgan fingerprint density at radius 1 is 1.06 bits per heavy atom. The first kappa shape index (κ1) is 22.8. The van der Waals surface area contributed by atoms with Crippen LogP contribution in [-0.4, -0.2) is 76.8 Å². The van der Waals surface area contributed by atoms with Gasteiger partial charge in [0.05, 0.1) is 19.1 Å². The molecule has 166 valence electrons. The number of methoxy groups -OCH3 is 1. The Morgan fingerprint density at radius 2 is 1.77 bits per heavy atom. The van der Waals surface area contributed by atoms with Crippen LogP contribution in [0.1, 0.15) is 5.56 Å². The van der Waals surface area contributed by atoms with E-state index in [1.165, 1.54) is 7.11 Å². The molecule has 1 fully saturated rings. The van der Waals surface area contributed by atoms with E-state index in [1.54, 1.807) is 29.2 Å². The highest BCUT2D eigenvalue weighted by Gasteiger charge is 2.26. The van der Waals surface area contributed by atoms with Gasteiger partial charge in [-0.05, 0) is 17.7 Å². The Bertz CT molecular complexity index is 1000. The number of piperazine rings is 1. The number of amides is 1. The average Bonchev–Trinajstić information content (AvgIpc) is 2.77. The molecule has 1 amide bonds. The molecule has 0 N–H and O–H groups in total. The van der Waals surface area contributed by atoms with Gasteiger partial charge in [-0.2, -0.15) is 0 Å². The fraction of sp³-hybridized carbons (Fsp3) is 0.348. The van der Waals surface area contributed by atoms with Crippen molar-refractivity contribution in [3.63, 3.8) is 0 Å². The first-order valence-electron chi connectivity index (χ1n) is 10.2. The van der Waals surface area contributed by atoms with Gasteiger partial charge < -0.3 is 9.64 Å². The van der Waals surface area contributed by atoms with Crippen LogP contribution in [0, 0.1) is 0 Å². The second-order valence-corrected chi connectivity index (χ2v) is 9.37. The second kappa shape index (κ2) is 10.5. The maximum Gasteiger partial charge on any atom is 0.243 e. The van der Waals surface area contributed by atoms with Crippen molar-refractivity contribution in [3.05, 3.63) is 66.2 Å². The van der Waals surface area contributed by atoms with Crippen molar-refractivity contribution in [2.24, 2.45) is 0 Å². The third-order valence-electron chi connectivity index (χ3n) is 5.22. The lowest BCUT2D eigenvalue weighted by Crippen LogP contribution is -2.51. The molecule has 1 aliphatic rings. The predicted molar refractivity (Wildman–Crippen MR) is 124 cm³/mol. The summed E-state index contributed by atoms with van der Waals surface area (Å²) in [6, 6.07) is 16.8. The predicted octanol–water partition coefficient (Wildman–Crippen LogP) is 2.32. The third kappa shape index (κ3) is 6.57. The van der Waals surface area contributed by atoms with Gasteiger partial charge in [-0.15, -0.1) is 0 Å². The number of hydrogen-bond acceptors (Lipinski definition) is 5. The number of benzene rings is 2. The van der Waals surface area contributed by atoms with Crippen LogP contribution in [-0.2, 0) is 14.8 Å². The van der Waals surface area contributed by atoms with Crippen molar-refractivity contribution in [1.29, 1.82) is 0 Å². The largest absolute Gasteiger partial charge is 0.497 e. The van der Waals surface area contributed by atoms with Crippen LogP contribution in [0.2, 0.25) is 0 Å². The summed E-state index contributed by atoms with van der Waals surface area (Å²) in [6.45, 7) is 3.25. The molecule has 0 spiro atoms. The Morgan fingerprint density at radius 3 is 2.42 bits per heavy atom. The summed E-state index contributed by atoms with van der Waals surface area (Å²) in [5.41, 5.74) is 1.58. The van der Waals surface area contributed by atoms with Gasteiger partial charge in [0.15, 0.2) is 0 Å². The molecule has 0 atom stereocenters. The molecule has 0 bridgehead atoms. The number of anilines is 1. The quantitative estimate of drug-likeness (QED) is 0.626. The van der Waals surface area contributed by atoms with E-state index in [0.717, 1.165) is 35.8 Å². The number of ether oxygens (including phenoxy) is 1. The maximum absolute atomic E-state index is 12.8. The fourth-order valence-electron chi connectivity index (χ4n) is 3.47. The van der Waals surface area contributed by atoms with E-state index in [0.29, 0.717) is 24.5 Å². The van der Waals surface area contributed by atoms with E-state index < -0.39 is 10.0 Å². The van der Waals surface area contributed by atoms with Gasteiger partial charge in [0.25, 0.3) is 0 Å². The molecular weight excluding hydrogens is 414 g/mol. The fourth-order valence-corrected chi connectivity index (χ4v) is 4.31. The number of carbonyl (C=O) groups is 1. The van der Waals surface area contributed by atoms with Crippen molar-refractivity contribution in [2.75, 3.05) is 56.9 Å². The summed E-state index contributed by atoms with van der Waals surface area (Å²) in [4.78, 5) is 16.9. The van der Waals surface area contributed by atoms with Crippen molar-refractivity contribution >= 4 is 27.7 Å². The molecular formula is C23H29N3O4S. The van der Waals surface area contributed by atoms with Gasteiger partial charge in [-0.25, -0.2) is 8.42 Å². The Kier molecular flexibility index (Phi) is 7.70. The lowest BCUT2D eigenvalue weighted by Gasteiger charge is -2.35. The van der Waals surface area contributed by atoms with Crippen molar-refractivity contribution < 1.29 is 17.9 Å². The van der Waals surface area contributed by atoms with Crippen LogP contribution in [0.5, 0.6) is 5.75 Å². The third-order valence-corrected chi connectivity index (χ3v) is 6.36. The Labute approximate surface area is 184 Å². The molecule has 0 saturated carbocycles. The lowest BCUT2D eigenvalue weighted by molar-refractivity contribution is -0.131. The lowest BCUT2D eigenvalue weighted by atomic mass is 10.2. The zero-order chi connectivity index (χ0) is 22.3. The summed E-state index contributed by atoms with van der Waals surface area (Å²) in [5.74, 6) is 0.337. The molecule has 1 aliphatic heterocycles. The molecule has 8 heteroatoms. The highest BCUT2D eigenvalue weighted by atomic mass is 32.2. The summed E-state index contributed by atoms with van der Waals surface area (Å²) in [6.07, 6.45) is 5.33. The summed E-state index contributed by atoms with van der Waals surface area (Å²) >= 11 is 0. The van der Waals surface area contributed by atoms with Gasteiger partial charge in [-0.3, -0.25) is 14.0 Å². The number of nitrogens with zero attached hydrogens (tertiary/aromatic N) is 3. The van der Waals surface area contributed by atoms with Crippen LogP contribution in [0.4, 0.5) is 5.69 Å². The maximum atomic E-state index is 12.8. The van der Waals surface area contributed by atoms with Gasteiger partial charge in [0.1, 0.15) is 12.3 Å². The van der Waals surface area contributed by atoms with Gasteiger partial charge in [-0.1, -0.05) is 48.6 Å². The van der Waals surface area contributed by atoms with Crippen molar-refractivity contribution in [2.45, 2.75) is 0 Å². The normalized spacial score (nSPS) is 15.2. The standard InChI is InChI=1S/C23H29N3O4S/c1-30-22-12-6-11-21(18-22)26(31(2,28)29)19-23(27)25-16-14-24(15-17-25)13-7-10-20-8-4-3-5-9-20/h3-12,18H,13-17,19H2,1-2H3. The summed E-state index contributed by atoms with van der Waals surface area (Å²) in [5, 5.41) is 0. The van der Waals surface area contributed by atoms with E-state index in [9.17, 15) is 13.2 Å². The SMILES string of the molecule is COc1cccc(N(CC(=O)N2CCN(CC=Cc3ccccc3)CC2)S(C)(=O)=O)c1. The molecule has 3 rings (SSSR count). The number of rotatable bonds is 8. The summed E-state index contributed by atoms with van der Waals surface area (Å²) in [7, 11) is -2.10. The van der Waals surface area contributed by atoms with Gasteiger partial charge in [0.2, 0.25) is 15.9 Å². The molecule has 2 aromatic rings. The molecule has 7 nitrogen and oxygen atoms in total. The van der Waals surface area contributed by atoms with Gasteiger partial charge >= 0.3 is 0 Å². The highest BCUT2D eigenvalue weighted by molar-refractivity contribution is 7.92. The summed E-state index contributed by atoms with van der Waals surface area (Å²) < 4.78 is 31.0. The zero-order valence-corrected chi connectivity index (χ0v) is 18.8. The van der Waals surface area contributed by atoms with Crippen LogP contribution in [0.25, 0.3) is 6.08 Å². The van der Waals surface area contributed by atoms with E-state index in [-0.39, 0.29) is 12.5 Å². The molecule has 0 unspecified atom stereocenters. The average molecular weight is 444 g/mol. The Hall–Kier alpha value is -2.84. The van der Waals surface area contributed by atoms with Crippen LogP contribution in [0.15, 0.2) is 60.7 Å². The highest BCUT2D eigenvalue weighted by Crippen LogP contribution is 2.23. The minimum absolute atomic E-state index is 0.201. The van der Waals surface area contributed by atoms with Gasteiger partial charge in [0, 0.05) is 38.8 Å². The molecule has 0 aromatic heterocycles. The first-order chi connectivity index (χ1) is 14.9. The first-order valence-corrected chi connectivity index (χ1v) is 12.0. The molecule has 1 heterocycles. The molecule has 1 saturated heterocycles. The molecule has 31 heavy (non-hydrogen) atoms. The zero-order valence-electron chi connectivity index (χ0n) is 18.0. The topological polar surface area (TPSA) is 70.2 Å². The number of hydrogen-bond donors (Lipinski definition) is 0. The monoisotopic (exact) mass is 443 g/mol. The second-order valence-electron chi connectivity index (χ2n) is 7.47. The van der Waals surface area contributed by atoms with E-state index in [2.05, 4.69) is 29.2 Å². The van der Waals surface area contributed by atoms with E-state index in [4.69, 9.17) is 4.74 Å². The molecule has 0 aliphatic carbocycles. The smallest absolute Gasteiger partial charge is 0.243 e. The molecule has 2 aromatic carbocycles. The van der Waals surface area contributed by atoms with Crippen molar-refractivity contribution in [3.8, 4) is 5.75 Å². The molecule has 0 radical (unpaired) electrons. The Balaban J connectivity index is 1.56. The number of carbonyl (C=O) groups excluding carboxylic acids is 1. The minimum atomic E-state index is -3.62. The van der Waals surface area contributed by atoms with E-state index >= 15 is 0 Å². The van der Waals surface area contributed by atoms with Crippen molar-refractivity contribution in [1.82, 2.24) is 9.80 Å². The number of sulfonamides is 1. The minimum Gasteiger partial charge on any atom is -0.497 e. The van der Waals surface area contributed by atoms with Crippen LogP contribution in [0.3, 0.4) is 0 Å². The van der Waals surface area contributed by atoms with Crippen LogP contribution >= 0.6 is 0 Å². The van der Waals surface area contributed by atoms with Crippen LogP contribution < -0.4 is 9.04 Å². The van der Waals surface area contributed by atoms with E-state index in [1.807, 2.05) is 18.2 Å².